The molecule has 5 heteroatoms. The van der Waals surface area contributed by atoms with E-state index in [0.29, 0.717) is 11.4 Å². The average molecular weight is 335 g/mol. The highest BCUT2D eigenvalue weighted by Crippen LogP contribution is 2.29. The lowest BCUT2D eigenvalue weighted by Crippen LogP contribution is -2.08. The van der Waals surface area contributed by atoms with Gasteiger partial charge in [-0.2, -0.15) is 0 Å². The highest BCUT2D eigenvalue weighted by Gasteiger charge is 2.16. The van der Waals surface area contributed by atoms with Gasteiger partial charge in [0.05, 0.1) is 5.69 Å². The SMILES string of the molecule is Cc1ccc(Br)c(Nc2nc(C)cc(C)c2C(=O)O)c1. The Hall–Kier alpha value is -1.88. The number of nitrogens with zero attached hydrogens (tertiary/aromatic N) is 1. The van der Waals surface area contributed by atoms with Crippen LogP contribution in [0.2, 0.25) is 0 Å². The van der Waals surface area contributed by atoms with Gasteiger partial charge in [-0.1, -0.05) is 6.07 Å². The molecule has 0 aliphatic heterocycles. The molecule has 1 aromatic carbocycles. The van der Waals surface area contributed by atoms with Crippen molar-refractivity contribution in [3.05, 3.63) is 51.1 Å². The molecule has 0 spiro atoms. The van der Waals surface area contributed by atoms with Crippen molar-refractivity contribution in [2.75, 3.05) is 5.32 Å². The lowest BCUT2D eigenvalue weighted by atomic mass is 10.1. The van der Waals surface area contributed by atoms with Gasteiger partial charge < -0.3 is 10.4 Å². The van der Waals surface area contributed by atoms with Crippen molar-refractivity contribution in [1.29, 1.82) is 0 Å². The van der Waals surface area contributed by atoms with Gasteiger partial charge in [-0.15, -0.1) is 0 Å². The normalized spacial score (nSPS) is 10.4. The summed E-state index contributed by atoms with van der Waals surface area (Å²) >= 11 is 3.45. The van der Waals surface area contributed by atoms with Crippen molar-refractivity contribution in [1.82, 2.24) is 4.98 Å². The summed E-state index contributed by atoms with van der Waals surface area (Å²) in [6.07, 6.45) is 0. The molecule has 0 amide bonds. The van der Waals surface area contributed by atoms with Crippen LogP contribution in [0, 0.1) is 20.8 Å². The zero-order chi connectivity index (χ0) is 14.9. The number of carbonyl (C=O) groups is 1. The summed E-state index contributed by atoms with van der Waals surface area (Å²) in [6.45, 7) is 5.59. The second kappa shape index (κ2) is 5.63. The molecule has 20 heavy (non-hydrogen) atoms. The van der Waals surface area contributed by atoms with Crippen molar-refractivity contribution < 1.29 is 9.90 Å². The molecule has 4 nitrogen and oxygen atoms in total. The molecule has 0 atom stereocenters. The zero-order valence-electron chi connectivity index (χ0n) is 11.5. The zero-order valence-corrected chi connectivity index (χ0v) is 13.1. The second-order valence-corrected chi connectivity index (χ2v) is 5.57. The van der Waals surface area contributed by atoms with E-state index in [-0.39, 0.29) is 5.56 Å². The molecule has 104 valence electrons. The van der Waals surface area contributed by atoms with Gasteiger partial charge in [-0.3, -0.25) is 0 Å². The summed E-state index contributed by atoms with van der Waals surface area (Å²) in [5, 5.41) is 12.5. The van der Waals surface area contributed by atoms with Crippen molar-refractivity contribution >= 4 is 33.4 Å². The third-order valence-corrected chi connectivity index (χ3v) is 3.62. The number of hydrogen-bond donors (Lipinski definition) is 2. The van der Waals surface area contributed by atoms with Crippen molar-refractivity contribution in [2.45, 2.75) is 20.8 Å². The van der Waals surface area contributed by atoms with Gasteiger partial charge in [0.25, 0.3) is 0 Å². The molecule has 2 rings (SSSR count). The Morgan fingerprint density at radius 1 is 1.25 bits per heavy atom. The third kappa shape index (κ3) is 2.99. The fraction of sp³-hybridized carbons (Fsp3) is 0.200. The van der Waals surface area contributed by atoms with Crippen LogP contribution in [0.25, 0.3) is 0 Å². The molecule has 1 heterocycles. The quantitative estimate of drug-likeness (QED) is 0.882. The molecule has 2 N–H and O–H groups in total. The number of carboxylic acid groups (broad SMARTS) is 1. The summed E-state index contributed by atoms with van der Waals surface area (Å²) in [7, 11) is 0. The van der Waals surface area contributed by atoms with E-state index >= 15 is 0 Å². The van der Waals surface area contributed by atoms with Gasteiger partial charge in [-0.05, 0) is 66.0 Å². The van der Waals surface area contributed by atoms with Gasteiger partial charge in [-0.25, -0.2) is 9.78 Å². The van der Waals surface area contributed by atoms with Crippen LogP contribution in [-0.2, 0) is 0 Å². The lowest BCUT2D eigenvalue weighted by Gasteiger charge is -2.13. The Bertz CT molecular complexity index is 684. The molecule has 0 saturated carbocycles. The molecule has 0 radical (unpaired) electrons. The van der Waals surface area contributed by atoms with Crippen LogP contribution < -0.4 is 5.32 Å². The minimum Gasteiger partial charge on any atom is -0.478 e. The van der Waals surface area contributed by atoms with E-state index in [1.54, 1.807) is 13.0 Å². The van der Waals surface area contributed by atoms with Gasteiger partial charge >= 0.3 is 5.97 Å². The second-order valence-electron chi connectivity index (χ2n) is 4.72. The van der Waals surface area contributed by atoms with Crippen LogP contribution >= 0.6 is 15.9 Å². The highest BCUT2D eigenvalue weighted by atomic mass is 79.9. The fourth-order valence-corrected chi connectivity index (χ4v) is 2.41. The van der Waals surface area contributed by atoms with Gasteiger partial charge in [0.15, 0.2) is 0 Å². The van der Waals surface area contributed by atoms with Crippen molar-refractivity contribution in [2.24, 2.45) is 0 Å². The molecule has 0 aliphatic carbocycles. The maximum absolute atomic E-state index is 11.4. The molecule has 0 fully saturated rings. The first-order valence-electron chi connectivity index (χ1n) is 6.13. The van der Waals surface area contributed by atoms with Crippen LogP contribution in [-0.4, -0.2) is 16.1 Å². The molecule has 0 unspecified atom stereocenters. The van der Waals surface area contributed by atoms with E-state index in [9.17, 15) is 9.90 Å². The average Bonchev–Trinajstić information content (AvgIpc) is 2.32. The number of nitrogens with one attached hydrogen (secondary N) is 1. The predicted molar refractivity (Wildman–Crippen MR) is 82.8 cm³/mol. The maximum Gasteiger partial charge on any atom is 0.339 e. The van der Waals surface area contributed by atoms with Gasteiger partial charge in [0.2, 0.25) is 0 Å². The van der Waals surface area contributed by atoms with Crippen LogP contribution in [0.5, 0.6) is 0 Å². The van der Waals surface area contributed by atoms with E-state index in [2.05, 4.69) is 26.2 Å². The summed E-state index contributed by atoms with van der Waals surface area (Å²) in [5.74, 6) is -0.623. The van der Waals surface area contributed by atoms with Crippen LogP contribution in [0.1, 0.15) is 27.2 Å². The summed E-state index contributed by atoms with van der Waals surface area (Å²) < 4.78 is 0.861. The molecule has 0 bridgehead atoms. The number of pyridine rings is 1. The number of aromatic carboxylic acids is 1. The number of halogens is 1. The summed E-state index contributed by atoms with van der Waals surface area (Å²) in [5.41, 5.74) is 3.54. The molecule has 0 aliphatic rings. The predicted octanol–water partition coefficient (Wildman–Crippen LogP) is 4.21. The monoisotopic (exact) mass is 334 g/mol. The largest absolute Gasteiger partial charge is 0.478 e. The number of benzene rings is 1. The first-order valence-corrected chi connectivity index (χ1v) is 6.92. The van der Waals surface area contributed by atoms with Crippen LogP contribution in [0.4, 0.5) is 11.5 Å². The van der Waals surface area contributed by atoms with Crippen molar-refractivity contribution in [3.63, 3.8) is 0 Å². The van der Waals surface area contributed by atoms with Crippen LogP contribution in [0.15, 0.2) is 28.7 Å². The highest BCUT2D eigenvalue weighted by molar-refractivity contribution is 9.10. The van der Waals surface area contributed by atoms with E-state index in [1.165, 1.54) is 0 Å². The number of aryl methyl sites for hydroxylation is 3. The van der Waals surface area contributed by atoms with Crippen molar-refractivity contribution in [3.8, 4) is 0 Å². The molecular weight excluding hydrogens is 320 g/mol. The molecular formula is C15H15BrN2O2. The topological polar surface area (TPSA) is 62.2 Å². The Kier molecular flexibility index (Phi) is 4.09. The third-order valence-electron chi connectivity index (χ3n) is 2.93. The fourth-order valence-electron chi connectivity index (χ4n) is 2.06. The molecule has 2 aromatic rings. The maximum atomic E-state index is 11.4. The van der Waals surface area contributed by atoms with Crippen LogP contribution in [0.3, 0.4) is 0 Å². The van der Waals surface area contributed by atoms with E-state index in [4.69, 9.17) is 0 Å². The first kappa shape index (κ1) is 14.5. The van der Waals surface area contributed by atoms with E-state index in [0.717, 1.165) is 21.4 Å². The Morgan fingerprint density at radius 3 is 2.60 bits per heavy atom. The molecule has 0 saturated heterocycles. The van der Waals surface area contributed by atoms with Gasteiger partial charge in [0, 0.05) is 10.2 Å². The number of aromatic nitrogens is 1. The number of anilines is 2. The Morgan fingerprint density at radius 2 is 1.95 bits per heavy atom. The van der Waals surface area contributed by atoms with E-state index < -0.39 is 5.97 Å². The minimum atomic E-state index is -0.985. The standard InChI is InChI=1S/C15H15BrN2O2/c1-8-4-5-11(16)12(6-8)18-14-13(15(19)20)9(2)7-10(3)17-14/h4-7H,1-3H3,(H,17,18)(H,19,20). The first-order chi connectivity index (χ1) is 9.38. The minimum absolute atomic E-state index is 0.198. The van der Waals surface area contributed by atoms with Gasteiger partial charge in [0.1, 0.15) is 11.4 Å². The Balaban J connectivity index is 2.53. The number of carboxylic acids is 1. The Labute approximate surface area is 126 Å². The lowest BCUT2D eigenvalue weighted by molar-refractivity contribution is 0.0697. The number of rotatable bonds is 3. The summed E-state index contributed by atoms with van der Waals surface area (Å²) in [6, 6.07) is 7.60. The molecule has 1 aromatic heterocycles. The van der Waals surface area contributed by atoms with E-state index in [1.807, 2.05) is 32.0 Å². The number of hydrogen-bond acceptors (Lipinski definition) is 3. The smallest absolute Gasteiger partial charge is 0.339 e. The summed E-state index contributed by atoms with van der Waals surface area (Å²) in [4.78, 5) is 15.7.